The molecule has 1 N–H and O–H groups in total. The fourth-order valence-electron chi connectivity index (χ4n) is 2.62. The molecule has 0 spiro atoms. The lowest BCUT2D eigenvalue weighted by atomic mass is 9.87. The number of pyridine rings is 1. The van der Waals surface area contributed by atoms with Gasteiger partial charge in [0, 0.05) is 18.7 Å². The van der Waals surface area contributed by atoms with Gasteiger partial charge in [-0.25, -0.2) is 0 Å². The van der Waals surface area contributed by atoms with Crippen molar-refractivity contribution >= 4 is 10.9 Å². The van der Waals surface area contributed by atoms with Crippen molar-refractivity contribution in [2.45, 2.75) is 38.8 Å². The average Bonchev–Trinajstić information content (AvgIpc) is 2.51. The molecule has 2 rings (SSSR count). The van der Waals surface area contributed by atoms with Gasteiger partial charge in [0.25, 0.3) is 0 Å². The zero-order valence-electron chi connectivity index (χ0n) is 12.8. The Kier molecular flexibility index (Phi) is 4.73. The van der Waals surface area contributed by atoms with Crippen LogP contribution in [0.5, 0.6) is 0 Å². The minimum absolute atomic E-state index is 0.161. The maximum Gasteiger partial charge on any atom is 0.0841 e. The van der Waals surface area contributed by atoms with E-state index >= 15 is 0 Å². The highest BCUT2D eigenvalue weighted by atomic mass is 16.5. The van der Waals surface area contributed by atoms with Crippen LogP contribution in [0.15, 0.2) is 36.5 Å². The monoisotopic (exact) mass is 272 g/mol. The molecule has 20 heavy (non-hydrogen) atoms. The Labute approximate surface area is 121 Å². The van der Waals surface area contributed by atoms with Gasteiger partial charge >= 0.3 is 0 Å². The molecule has 2 atom stereocenters. The van der Waals surface area contributed by atoms with E-state index in [1.54, 1.807) is 7.11 Å². The van der Waals surface area contributed by atoms with Crippen molar-refractivity contribution in [1.82, 2.24) is 10.3 Å². The lowest BCUT2D eigenvalue weighted by Gasteiger charge is -2.36. The van der Waals surface area contributed by atoms with Crippen molar-refractivity contribution < 1.29 is 4.74 Å². The molecular weight excluding hydrogens is 248 g/mol. The zero-order chi connectivity index (χ0) is 14.6. The highest BCUT2D eigenvalue weighted by Gasteiger charge is 2.33. The summed E-state index contributed by atoms with van der Waals surface area (Å²) in [6.45, 7) is 7.35. The summed E-state index contributed by atoms with van der Waals surface area (Å²) in [5, 5.41) is 4.72. The Bertz CT molecular complexity index is 564. The van der Waals surface area contributed by atoms with Gasteiger partial charge in [0.2, 0.25) is 0 Å². The van der Waals surface area contributed by atoms with Gasteiger partial charge in [-0.15, -0.1) is 0 Å². The van der Waals surface area contributed by atoms with E-state index < -0.39 is 0 Å². The first-order valence-electron chi connectivity index (χ1n) is 7.27. The molecule has 1 aromatic heterocycles. The second kappa shape index (κ2) is 6.33. The van der Waals surface area contributed by atoms with Crippen LogP contribution < -0.4 is 5.32 Å². The summed E-state index contributed by atoms with van der Waals surface area (Å²) >= 11 is 0. The number of methoxy groups -OCH3 is 1. The highest BCUT2D eigenvalue weighted by molar-refractivity contribution is 5.79. The third kappa shape index (κ3) is 2.84. The van der Waals surface area contributed by atoms with Gasteiger partial charge in [0.05, 0.1) is 17.2 Å². The molecule has 0 aliphatic rings. The normalized spacial score (nSPS) is 16.0. The lowest BCUT2D eigenvalue weighted by molar-refractivity contribution is -0.0295. The third-order valence-corrected chi connectivity index (χ3v) is 4.15. The minimum atomic E-state index is -0.224. The second-order valence-electron chi connectivity index (χ2n) is 5.32. The summed E-state index contributed by atoms with van der Waals surface area (Å²) in [6.07, 6.45) is 2.78. The molecule has 0 saturated heterocycles. The Hall–Kier alpha value is -1.45. The molecule has 0 saturated carbocycles. The van der Waals surface area contributed by atoms with Crippen molar-refractivity contribution in [3.63, 3.8) is 0 Å². The zero-order valence-corrected chi connectivity index (χ0v) is 12.8. The number of fused-ring (bicyclic) bond motifs is 1. The smallest absolute Gasteiger partial charge is 0.0841 e. The molecule has 3 heteroatoms. The molecule has 3 nitrogen and oxygen atoms in total. The van der Waals surface area contributed by atoms with Crippen LogP contribution in [-0.4, -0.2) is 24.2 Å². The fraction of sp³-hybridized carbons (Fsp3) is 0.471. The van der Waals surface area contributed by atoms with Crippen molar-refractivity contribution in [1.29, 1.82) is 0 Å². The Morgan fingerprint density at radius 3 is 2.75 bits per heavy atom. The summed E-state index contributed by atoms with van der Waals surface area (Å²) in [7, 11) is 1.78. The molecule has 0 radical (unpaired) electrons. The highest BCUT2D eigenvalue weighted by Crippen LogP contribution is 2.32. The number of hydrogen-bond acceptors (Lipinski definition) is 3. The van der Waals surface area contributed by atoms with E-state index in [1.165, 1.54) is 10.9 Å². The molecule has 0 aliphatic heterocycles. The van der Waals surface area contributed by atoms with Crippen LogP contribution in [0, 0.1) is 0 Å². The number of nitrogens with one attached hydrogen (secondary N) is 1. The predicted octanol–water partition coefficient (Wildman–Crippen LogP) is 3.70. The molecule has 2 unspecified atom stereocenters. The van der Waals surface area contributed by atoms with E-state index in [9.17, 15) is 0 Å². The van der Waals surface area contributed by atoms with Crippen molar-refractivity contribution in [3.05, 3.63) is 42.1 Å². The van der Waals surface area contributed by atoms with E-state index in [2.05, 4.69) is 55.3 Å². The first-order chi connectivity index (χ1) is 9.64. The van der Waals surface area contributed by atoms with E-state index in [0.717, 1.165) is 18.5 Å². The first-order valence-corrected chi connectivity index (χ1v) is 7.27. The maximum atomic E-state index is 5.79. The molecule has 0 amide bonds. The number of rotatable bonds is 6. The number of benzene rings is 1. The Morgan fingerprint density at radius 1 is 1.30 bits per heavy atom. The van der Waals surface area contributed by atoms with Gasteiger partial charge in [-0.2, -0.15) is 0 Å². The average molecular weight is 272 g/mol. The molecule has 1 aromatic carbocycles. The van der Waals surface area contributed by atoms with Crippen molar-refractivity contribution in [2.75, 3.05) is 13.7 Å². The van der Waals surface area contributed by atoms with E-state index in [-0.39, 0.29) is 11.6 Å². The summed E-state index contributed by atoms with van der Waals surface area (Å²) in [5.41, 5.74) is 2.03. The lowest BCUT2D eigenvalue weighted by Crippen LogP contribution is -2.42. The van der Waals surface area contributed by atoms with Gasteiger partial charge < -0.3 is 10.1 Å². The number of aromatic nitrogens is 1. The van der Waals surface area contributed by atoms with E-state index in [4.69, 9.17) is 4.74 Å². The fourth-order valence-corrected chi connectivity index (χ4v) is 2.62. The number of ether oxygens (including phenoxy) is 1. The maximum absolute atomic E-state index is 5.79. The third-order valence-electron chi connectivity index (χ3n) is 4.15. The molecule has 0 aliphatic carbocycles. The standard InChI is InChI=1S/C17H24N2O/c1-5-17(3,20-4)16(18-6-2)14-10-9-13-8-7-11-19-15(13)12-14/h7-12,16,18H,5-6H2,1-4H3. The SMILES string of the molecule is CCNC(c1ccc2cccnc2c1)C(C)(CC)OC. The van der Waals surface area contributed by atoms with Crippen LogP contribution in [0.4, 0.5) is 0 Å². The van der Waals surface area contributed by atoms with Gasteiger partial charge in [-0.3, -0.25) is 4.98 Å². The molecule has 0 fully saturated rings. The minimum Gasteiger partial charge on any atom is -0.377 e. The van der Waals surface area contributed by atoms with E-state index in [1.807, 2.05) is 12.3 Å². The van der Waals surface area contributed by atoms with Crippen molar-refractivity contribution in [2.24, 2.45) is 0 Å². The van der Waals surface area contributed by atoms with Crippen LogP contribution >= 0.6 is 0 Å². The second-order valence-corrected chi connectivity index (χ2v) is 5.32. The summed E-state index contributed by atoms with van der Waals surface area (Å²) < 4.78 is 5.79. The van der Waals surface area contributed by atoms with Crippen LogP contribution in [0.1, 0.15) is 38.8 Å². The summed E-state index contributed by atoms with van der Waals surface area (Å²) in [5.74, 6) is 0. The van der Waals surface area contributed by atoms with Gasteiger partial charge in [-0.05, 0) is 37.6 Å². The quantitative estimate of drug-likeness (QED) is 0.870. The van der Waals surface area contributed by atoms with Crippen LogP contribution in [0.25, 0.3) is 10.9 Å². The molecule has 108 valence electrons. The summed E-state index contributed by atoms with van der Waals surface area (Å²) in [4.78, 5) is 4.45. The van der Waals surface area contributed by atoms with E-state index in [0.29, 0.717) is 0 Å². The Balaban J connectivity index is 2.45. The number of likely N-dealkylation sites (N-methyl/N-ethyl adjacent to an activating group) is 1. The number of hydrogen-bond donors (Lipinski definition) is 1. The first kappa shape index (κ1) is 14.9. The van der Waals surface area contributed by atoms with Gasteiger partial charge in [-0.1, -0.05) is 32.0 Å². The van der Waals surface area contributed by atoms with Crippen LogP contribution in [-0.2, 0) is 4.74 Å². The van der Waals surface area contributed by atoms with Crippen LogP contribution in [0.3, 0.4) is 0 Å². The Morgan fingerprint density at radius 2 is 2.10 bits per heavy atom. The molecular formula is C17H24N2O. The summed E-state index contributed by atoms with van der Waals surface area (Å²) in [6, 6.07) is 10.7. The van der Waals surface area contributed by atoms with Gasteiger partial charge in [0.1, 0.15) is 0 Å². The molecule has 1 heterocycles. The predicted molar refractivity (Wildman–Crippen MR) is 83.9 cm³/mol. The molecule has 0 bridgehead atoms. The van der Waals surface area contributed by atoms with Gasteiger partial charge in [0.15, 0.2) is 0 Å². The topological polar surface area (TPSA) is 34.2 Å². The van der Waals surface area contributed by atoms with Crippen LogP contribution in [0.2, 0.25) is 0 Å². The molecule has 2 aromatic rings. The largest absolute Gasteiger partial charge is 0.377 e. The van der Waals surface area contributed by atoms with Crippen molar-refractivity contribution in [3.8, 4) is 0 Å². The number of nitrogens with zero attached hydrogens (tertiary/aromatic N) is 1.